The number of rotatable bonds is 7. The molecule has 22 heavy (non-hydrogen) atoms. The second-order valence-electron chi connectivity index (χ2n) is 6.27. The summed E-state index contributed by atoms with van der Waals surface area (Å²) in [7, 11) is 1.90. The molecule has 0 aliphatic carbocycles. The molecule has 1 aromatic carbocycles. The first-order chi connectivity index (χ1) is 10.7. The molecule has 0 unspecified atom stereocenters. The summed E-state index contributed by atoms with van der Waals surface area (Å²) in [6.45, 7) is 2.51. The van der Waals surface area contributed by atoms with E-state index in [9.17, 15) is 4.79 Å². The molecular weight excluding hydrogens is 276 g/mol. The third-order valence-electron chi connectivity index (χ3n) is 4.69. The van der Waals surface area contributed by atoms with E-state index in [0.717, 1.165) is 38.6 Å². The van der Waals surface area contributed by atoms with E-state index in [-0.39, 0.29) is 5.91 Å². The summed E-state index contributed by atoms with van der Waals surface area (Å²) in [6, 6.07) is 10.5. The highest BCUT2D eigenvalue weighted by molar-refractivity contribution is 5.82. The van der Waals surface area contributed by atoms with Crippen LogP contribution in [0.1, 0.15) is 31.2 Å². The molecule has 2 N–H and O–H groups in total. The van der Waals surface area contributed by atoms with E-state index in [1.54, 1.807) is 0 Å². The third-order valence-corrected chi connectivity index (χ3v) is 4.69. The van der Waals surface area contributed by atoms with E-state index in [4.69, 9.17) is 10.5 Å². The number of hydrogen-bond donors (Lipinski definition) is 1. The van der Waals surface area contributed by atoms with Gasteiger partial charge in [0.25, 0.3) is 0 Å². The maximum Gasteiger partial charge on any atom is 0.229 e. The minimum Gasteiger partial charge on any atom is -0.381 e. The lowest BCUT2D eigenvalue weighted by Gasteiger charge is -2.37. The van der Waals surface area contributed by atoms with E-state index >= 15 is 0 Å². The van der Waals surface area contributed by atoms with Gasteiger partial charge in [0.2, 0.25) is 5.91 Å². The number of aryl methyl sites for hydroxylation is 1. The van der Waals surface area contributed by atoms with Crippen molar-refractivity contribution in [3.63, 3.8) is 0 Å². The first-order valence-electron chi connectivity index (χ1n) is 8.25. The molecule has 0 aromatic heterocycles. The lowest BCUT2D eigenvalue weighted by Crippen LogP contribution is -2.49. The molecule has 1 aromatic rings. The Morgan fingerprint density at radius 2 is 1.91 bits per heavy atom. The Kier molecular flexibility index (Phi) is 6.40. The summed E-state index contributed by atoms with van der Waals surface area (Å²) in [5.41, 5.74) is 6.87. The van der Waals surface area contributed by atoms with Crippen molar-refractivity contribution in [1.29, 1.82) is 0 Å². The molecule has 1 saturated heterocycles. The first kappa shape index (κ1) is 17.0. The van der Waals surface area contributed by atoms with Crippen molar-refractivity contribution in [3.8, 4) is 0 Å². The fraction of sp³-hybridized carbons (Fsp3) is 0.611. The predicted molar refractivity (Wildman–Crippen MR) is 88.6 cm³/mol. The van der Waals surface area contributed by atoms with Gasteiger partial charge in [0, 0.05) is 33.4 Å². The minimum atomic E-state index is -0.396. The fourth-order valence-electron chi connectivity index (χ4n) is 3.10. The molecule has 0 radical (unpaired) electrons. The van der Waals surface area contributed by atoms with Gasteiger partial charge < -0.3 is 15.4 Å². The fourth-order valence-corrected chi connectivity index (χ4v) is 3.10. The van der Waals surface area contributed by atoms with Crippen LogP contribution in [0.2, 0.25) is 0 Å². The summed E-state index contributed by atoms with van der Waals surface area (Å²) in [6.07, 6.45) is 4.68. The Morgan fingerprint density at radius 3 is 2.55 bits per heavy atom. The second-order valence-corrected chi connectivity index (χ2v) is 6.27. The molecule has 1 aliphatic rings. The molecule has 4 heteroatoms. The van der Waals surface area contributed by atoms with E-state index in [2.05, 4.69) is 24.3 Å². The highest BCUT2D eigenvalue weighted by Gasteiger charge is 2.40. The monoisotopic (exact) mass is 304 g/mol. The number of nitrogens with zero attached hydrogens (tertiary/aromatic N) is 1. The molecule has 122 valence electrons. The highest BCUT2D eigenvalue weighted by atomic mass is 16.5. The van der Waals surface area contributed by atoms with Crippen molar-refractivity contribution in [2.45, 2.75) is 32.1 Å². The van der Waals surface area contributed by atoms with Gasteiger partial charge >= 0.3 is 0 Å². The zero-order valence-corrected chi connectivity index (χ0v) is 13.6. The normalized spacial score (nSPS) is 17.2. The van der Waals surface area contributed by atoms with Crippen LogP contribution in [0, 0.1) is 5.41 Å². The topological polar surface area (TPSA) is 55.6 Å². The van der Waals surface area contributed by atoms with Crippen LogP contribution < -0.4 is 5.73 Å². The number of carbonyl (C=O) groups excluding carboxylic acids is 1. The van der Waals surface area contributed by atoms with Gasteiger partial charge in [-0.05, 0) is 37.7 Å². The average molecular weight is 304 g/mol. The van der Waals surface area contributed by atoms with Crippen LogP contribution in [-0.2, 0) is 16.0 Å². The van der Waals surface area contributed by atoms with Gasteiger partial charge in [0.15, 0.2) is 0 Å². The Morgan fingerprint density at radius 1 is 1.23 bits per heavy atom. The van der Waals surface area contributed by atoms with Gasteiger partial charge in [-0.1, -0.05) is 30.3 Å². The maximum absolute atomic E-state index is 12.7. The summed E-state index contributed by atoms with van der Waals surface area (Å²) in [5.74, 6) is 0.193. The molecule has 2 rings (SSSR count). The van der Waals surface area contributed by atoms with Crippen LogP contribution >= 0.6 is 0 Å². The van der Waals surface area contributed by atoms with Gasteiger partial charge in [-0.25, -0.2) is 0 Å². The molecular formula is C18H28N2O2. The first-order valence-corrected chi connectivity index (χ1v) is 8.25. The van der Waals surface area contributed by atoms with Crippen LogP contribution in [-0.4, -0.2) is 44.2 Å². The van der Waals surface area contributed by atoms with Gasteiger partial charge in [-0.2, -0.15) is 0 Å². The van der Waals surface area contributed by atoms with Gasteiger partial charge in [-0.15, -0.1) is 0 Å². The van der Waals surface area contributed by atoms with Crippen molar-refractivity contribution in [1.82, 2.24) is 4.90 Å². The summed E-state index contributed by atoms with van der Waals surface area (Å²) in [4.78, 5) is 14.6. The molecule has 0 spiro atoms. The van der Waals surface area contributed by atoms with Crippen molar-refractivity contribution < 1.29 is 9.53 Å². The Labute approximate surface area is 133 Å². The van der Waals surface area contributed by atoms with Crippen molar-refractivity contribution in [3.05, 3.63) is 35.9 Å². The van der Waals surface area contributed by atoms with Gasteiger partial charge in [0.05, 0.1) is 5.41 Å². The molecule has 1 amide bonds. The SMILES string of the molecule is CN(CCCCc1ccccc1)C(=O)C1(CN)CCOCC1. The van der Waals surface area contributed by atoms with Crippen LogP contribution in [0.5, 0.6) is 0 Å². The zero-order chi connectivity index (χ0) is 15.8. The molecule has 1 fully saturated rings. The summed E-state index contributed by atoms with van der Waals surface area (Å²) in [5, 5.41) is 0. The minimum absolute atomic E-state index is 0.193. The highest BCUT2D eigenvalue weighted by Crippen LogP contribution is 2.31. The molecule has 0 bridgehead atoms. The lowest BCUT2D eigenvalue weighted by atomic mass is 9.79. The number of unbranched alkanes of at least 4 members (excludes halogenated alkanes) is 1. The maximum atomic E-state index is 12.7. The Hall–Kier alpha value is -1.39. The van der Waals surface area contributed by atoms with Gasteiger partial charge in [0.1, 0.15) is 0 Å². The number of ether oxygens (including phenoxy) is 1. The smallest absolute Gasteiger partial charge is 0.229 e. The van der Waals surface area contributed by atoms with Crippen LogP contribution in [0.3, 0.4) is 0 Å². The van der Waals surface area contributed by atoms with Crippen LogP contribution in [0.15, 0.2) is 30.3 Å². The number of amides is 1. The largest absolute Gasteiger partial charge is 0.381 e. The number of nitrogens with two attached hydrogens (primary N) is 1. The molecule has 1 aliphatic heterocycles. The van der Waals surface area contributed by atoms with E-state index in [1.807, 2.05) is 18.0 Å². The van der Waals surface area contributed by atoms with Crippen molar-refractivity contribution in [2.24, 2.45) is 11.1 Å². The number of carbonyl (C=O) groups is 1. The standard InChI is InChI=1S/C18H28N2O2/c1-20(12-6-5-9-16-7-3-2-4-8-16)17(21)18(15-19)10-13-22-14-11-18/h2-4,7-8H,5-6,9-15,19H2,1H3. The lowest BCUT2D eigenvalue weighted by molar-refractivity contribution is -0.145. The quantitative estimate of drug-likeness (QED) is 0.786. The van der Waals surface area contributed by atoms with Crippen molar-refractivity contribution in [2.75, 3.05) is 33.4 Å². The predicted octanol–water partition coefficient (Wildman–Crippen LogP) is 2.22. The second kappa shape index (κ2) is 8.30. The molecule has 0 atom stereocenters. The summed E-state index contributed by atoms with van der Waals surface area (Å²) < 4.78 is 5.38. The third kappa shape index (κ3) is 4.31. The van der Waals surface area contributed by atoms with Gasteiger partial charge in [-0.3, -0.25) is 4.79 Å². The molecule has 0 saturated carbocycles. The van der Waals surface area contributed by atoms with E-state index in [0.29, 0.717) is 19.8 Å². The molecule has 1 heterocycles. The Bertz CT molecular complexity index is 455. The number of benzene rings is 1. The summed E-state index contributed by atoms with van der Waals surface area (Å²) >= 11 is 0. The van der Waals surface area contributed by atoms with Crippen LogP contribution in [0.25, 0.3) is 0 Å². The van der Waals surface area contributed by atoms with E-state index in [1.165, 1.54) is 5.56 Å². The van der Waals surface area contributed by atoms with Crippen molar-refractivity contribution >= 4 is 5.91 Å². The van der Waals surface area contributed by atoms with Crippen LogP contribution in [0.4, 0.5) is 0 Å². The zero-order valence-electron chi connectivity index (χ0n) is 13.6. The molecule has 4 nitrogen and oxygen atoms in total. The van der Waals surface area contributed by atoms with E-state index < -0.39 is 5.41 Å². The Balaban J connectivity index is 1.76. The number of hydrogen-bond acceptors (Lipinski definition) is 3. The average Bonchev–Trinajstić information content (AvgIpc) is 2.59.